The van der Waals surface area contributed by atoms with E-state index in [1.807, 2.05) is 30.3 Å². The zero-order chi connectivity index (χ0) is 11.7. The zero-order valence-corrected chi connectivity index (χ0v) is 9.54. The molecule has 2 aliphatic rings. The molecule has 3 atom stereocenters. The topological polar surface area (TPSA) is 47.9 Å². The van der Waals surface area contributed by atoms with Crippen LogP contribution in [-0.2, 0) is 20.8 Å². The minimum atomic E-state index is -0.639. The van der Waals surface area contributed by atoms with Gasteiger partial charge in [0, 0.05) is 0 Å². The van der Waals surface area contributed by atoms with Crippen molar-refractivity contribution in [2.24, 2.45) is 0 Å². The highest BCUT2D eigenvalue weighted by atomic mass is 16.7. The Bertz CT molecular complexity index is 370. The number of hydrogen-bond acceptors (Lipinski definition) is 4. The van der Waals surface area contributed by atoms with Gasteiger partial charge in [0.15, 0.2) is 0 Å². The Hall–Kier alpha value is -0.940. The van der Waals surface area contributed by atoms with Crippen molar-refractivity contribution in [1.82, 2.24) is 0 Å². The summed E-state index contributed by atoms with van der Waals surface area (Å²) in [4.78, 5) is 0. The summed E-state index contributed by atoms with van der Waals surface area (Å²) in [6.07, 6.45) is -0.196. The molecule has 1 aromatic rings. The number of fused-ring (bicyclic) bond motifs is 2. The Kier molecular flexibility index (Phi) is 2.88. The molecule has 17 heavy (non-hydrogen) atoms. The summed E-state index contributed by atoms with van der Waals surface area (Å²) < 4.78 is 17.0. The molecule has 92 valence electrons. The van der Waals surface area contributed by atoms with Crippen LogP contribution in [0.25, 0.3) is 0 Å². The first-order valence-corrected chi connectivity index (χ1v) is 5.86. The van der Waals surface area contributed by atoms with Crippen LogP contribution in [-0.4, -0.2) is 42.7 Å². The van der Waals surface area contributed by atoms with Crippen molar-refractivity contribution in [3.63, 3.8) is 0 Å². The molecule has 1 aromatic carbocycles. The van der Waals surface area contributed by atoms with Crippen LogP contribution in [0.2, 0.25) is 0 Å². The van der Waals surface area contributed by atoms with Crippen molar-refractivity contribution >= 4 is 0 Å². The first kappa shape index (κ1) is 11.2. The van der Waals surface area contributed by atoms with Crippen molar-refractivity contribution in [1.29, 1.82) is 0 Å². The molecular formula is C13H16O4. The standard InChI is InChI=1S/C13H16O4/c14-8-13-9-16-11(7-17-13)12(13)15-6-10-4-2-1-3-5-10/h1-5,11-12,14H,6-9H2/t11-,12?,13+/m0/s1. The lowest BCUT2D eigenvalue weighted by Gasteiger charge is -2.26. The summed E-state index contributed by atoms with van der Waals surface area (Å²) >= 11 is 0. The fourth-order valence-corrected chi connectivity index (χ4v) is 2.46. The average Bonchev–Trinajstić information content (AvgIpc) is 2.92. The first-order valence-electron chi connectivity index (χ1n) is 5.86. The normalized spacial score (nSPS) is 35.4. The Morgan fingerprint density at radius 2 is 2.18 bits per heavy atom. The van der Waals surface area contributed by atoms with Crippen molar-refractivity contribution < 1.29 is 19.3 Å². The van der Waals surface area contributed by atoms with E-state index in [-0.39, 0.29) is 18.8 Å². The van der Waals surface area contributed by atoms with E-state index < -0.39 is 5.60 Å². The molecule has 2 fully saturated rings. The van der Waals surface area contributed by atoms with E-state index in [1.165, 1.54) is 0 Å². The number of ether oxygens (including phenoxy) is 3. The molecule has 2 aliphatic heterocycles. The smallest absolute Gasteiger partial charge is 0.143 e. The molecule has 2 bridgehead atoms. The highest BCUT2D eigenvalue weighted by molar-refractivity contribution is 5.14. The fraction of sp³-hybridized carbons (Fsp3) is 0.538. The number of rotatable bonds is 4. The van der Waals surface area contributed by atoms with Gasteiger partial charge in [0.1, 0.15) is 17.8 Å². The SMILES string of the molecule is OC[C@]12CO[C@@H](CO1)C2OCc1ccccc1. The van der Waals surface area contributed by atoms with Crippen LogP contribution in [0, 0.1) is 0 Å². The molecule has 2 heterocycles. The van der Waals surface area contributed by atoms with E-state index in [0.717, 1.165) is 5.56 Å². The van der Waals surface area contributed by atoms with E-state index in [2.05, 4.69) is 0 Å². The monoisotopic (exact) mass is 236 g/mol. The molecule has 0 aromatic heterocycles. The van der Waals surface area contributed by atoms with Crippen molar-refractivity contribution in [2.75, 3.05) is 19.8 Å². The van der Waals surface area contributed by atoms with Gasteiger partial charge in [-0.2, -0.15) is 0 Å². The van der Waals surface area contributed by atoms with Crippen LogP contribution in [0.3, 0.4) is 0 Å². The summed E-state index contributed by atoms with van der Waals surface area (Å²) in [5, 5.41) is 9.43. The maximum Gasteiger partial charge on any atom is 0.143 e. The Morgan fingerprint density at radius 1 is 1.35 bits per heavy atom. The molecule has 4 nitrogen and oxygen atoms in total. The zero-order valence-electron chi connectivity index (χ0n) is 9.54. The van der Waals surface area contributed by atoms with Gasteiger partial charge in [-0.25, -0.2) is 0 Å². The number of hydrogen-bond donors (Lipinski definition) is 1. The Morgan fingerprint density at radius 3 is 2.82 bits per heavy atom. The third-order valence-corrected chi connectivity index (χ3v) is 3.47. The molecule has 0 aliphatic carbocycles. The lowest BCUT2D eigenvalue weighted by atomic mass is 10.0. The second-order valence-corrected chi connectivity index (χ2v) is 4.60. The van der Waals surface area contributed by atoms with Gasteiger partial charge in [-0.05, 0) is 5.56 Å². The van der Waals surface area contributed by atoms with E-state index in [0.29, 0.717) is 19.8 Å². The predicted octanol–water partition coefficient (Wildman–Crippen LogP) is 0.732. The Labute approximate surface area is 100 Å². The lowest BCUT2D eigenvalue weighted by Crippen LogP contribution is -2.45. The minimum absolute atomic E-state index is 0.0362. The van der Waals surface area contributed by atoms with Crippen molar-refractivity contribution in [3.8, 4) is 0 Å². The lowest BCUT2D eigenvalue weighted by molar-refractivity contribution is -0.129. The van der Waals surface area contributed by atoms with Gasteiger partial charge < -0.3 is 19.3 Å². The first-order chi connectivity index (χ1) is 8.34. The van der Waals surface area contributed by atoms with E-state index in [4.69, 9.17) is 14.2 Å². The second-order valence-electron chi connectivity index (χ2n) is 4.60. The second kappa shape index (κ2) is 4.38. The largest absolute Gasteiger partial charge is 0.393 e. The summed E-state index contributed by atoms with van der Waals surface area (Å²) in [7, 11) is 0. The molecule has 3 rings (SSSR count). The van der Waals surface area contributed by atoms with Crippen LogP contribution >= 0.6 is 0 Å². The van der Waals surface area contributed by atoms with Gasteiger partial charge in [0.2, 0.25) is 0 Å². The molecular weight excluding hydrogens is 220 g/mol. The van der Waals surface area contributed by atoms with Gasteiger partial charge in [0.05, 0.1) is 26.4 Å². The van der Waals surface area contributed by atoms with Crippen LogP contribution in [0.4, 0.5) is 0 Å². The average molecular weight is 236 g/mol. The molecule has 1 N–H and O–H groups in total. The molecule has 4 heteroatoms. The van der Waals surface area contributed by atoms with Gasteiger partial charge >= 0.3 is 0 Å². The maximum atomic E-state index is 9.43. The van der Waals surface area contributed by atoms with Crippen LogP contribution in [0.15, 0.2) is 30.3 Å². The van der Waals surface area contributed by atoms with Gasteiger partial charge in [0.25, 0.3) is 0 Å². The van der Waals surface area contributed by atoms with E-state index in [1.54, 1.807) is 0 Å². The number of aliphatic hydroxyl groups excluding tert-OH is 1. The van der Waals surface area contributed by atoms with E-state index >= 15 is 0 Å². The van der Waals surface area contributed by atoms with Gasteiger partial charge in [-0.15, -0.1) is 0 Å². The maximum absolute atomic E-state index is 9.43. The minimum Gasteiger partial charge on any atom is -0.393 e. The van der Waals surface area contributed by atoms with Crippen molar-refractivity contribution in [2.45, 2.75) is 24.4 Å². The van der Waals surface area contributed by atoms with Crippen molar-refractivity contribution in [3.05, 3.63) is 35.9 Å². The molecule has 1 unspecified atom stereocenters. The molecule has 2 saturated heterocycles. The summed E-state index contributed by atoms with van der Waals surface area (Å²) in [5.41, 5.74) is 0.478. The fourth-order valence-electron chi connectivity index (χ4n) is 2.46. The summed E-state index contributed by atoms with van der Waals surface area (Å²) in [6.45, 7) is 1.41. The summed E-state index contributed by atoms with van der Waals surface area (Å²) in [5.74, 6) is 0. The van der Waals surface area contributed by atoms with Crippen LogP contribution < -0.4 is 0 Å². The molecule has 0 spiro atoms. The molecule has 0 amide bonds. The highest BCUT2D eigenvalue weighted by Gasteiger charge is 2.57. The Balaban J connectivity index is 1.66. The number of aliphatic hydroxyl groups is 1. The molecule has 0 saturated carbocycles. The van der Waals surface area contributed by atoms with Gasteiger partial charge in [-0.1, -0.05) is 30.3 Å². The van der Waals surface area contributed by atoms with E-state index in [9.17, 15) is 5.11 Å². The van der Waals surface area contributed by atoms with Crippen LogP contribution in [0.5, 0.6) is 0 Å². The third kappa shape index (κ3) is 1.87. The quantitative estimate of drug-likeness (QED) is 0.837. The number of benzene rings is 1. The highest BCUT2D eigenvalue weighted by Crippen LogP contribution is 2.37. The third-order valence-electron chi connectivity index (χ3n) is 3.47. The molecule has 0 radical (unpaired) electrons. The summed E-state index contributed by atoms with van der Waals surface area (Å²) in [6, 6.07) is 9.98. The van der Waals surface area contributed by atoms with Crippen LogP contribution in [0.1, 0.15) is 5.56 Å². The predicted molar refractivity (Wildman–Crippen MR) is 60.5 cm³/mol. The van der Waals surface area contributed by atoms with Gasteiger partial charge in [-0.3, -0.25) is 0 Å².